The fourth-order valence-corrected chi connectivity index (χ4v) is 3.56. The molecule has 2 rings (SSSR count). The van der Waals surface area contributed by atoms with Crippen molar-refractivity contribution in [1.82, 2.24) is 9.62 Å². The number of carbonyl (C=O) groups excluding carboxylic acids is 1. The van der Waals surface area contributed by atoms with Crippen molar-refractivity contribution in [1.29, 1.82) is 0 Å². The van der Waals surface area contributed by atoms with Crippen molar-refractivity contribution in [2.45, 2.75) is 24.7 Å². The van der Waals surface area contributed by atoms with Gasteiger partial charge in [0, 0.05) is 33.1 Å². The summed E-state index contributed by atoms with van der Waals surface area (Å²) in [5.41, 5.74) is 7.43. The largest absolute Gasteiger partial charge is 0.342 e. The number of rotatable bonds is 4. The first-order valence-corrected chi connectivity index (χ1v) is 8.49. The second-order valence-electron chi connectivity index (χ2n) is 5.12. The first-order chi connectivity index (χ1) is 9.94. The maximum absolute atomic E-state index is 12.1. The van der Waals surface area contributed by atoms with Crippen LogP contribution in [-0.4, -0.2) is 45.4 Å². The number of fused-ring (bicyclic) bond motifs is 1. The van der Waals surface area contributed by atoms with Crippen LogP contribution >= 0.6 is 12.4 Å². The second-order valence-corrected chi connectivity index (χ2v) is 6.89. The van der Waals surface area contributed by atoms with Gasteiger partial charge in [0.15, 0.2) is 0 Å². The maximum Gasteiger partial charge on any atom is 0.240 e. The molecule has 1 heterocycles. The van der Waals surface area contributed by atoms with Gasteiger partial charge in [-0.15, -0.1) is 12.4 Å². The highest BCUT2D eigenvalue weighted by Gasteiger charge is 2.19. The Kier molecular flexibility index (Phi) is 6.80. The third-order valence-electron chi connectivity index (χ3n) is 3.67. The van der Waals surface area contributed by atoms with E-state index >= 15 is 0 Å². The van der Waals surface area contributed by atoms with Crippen LogP contribution in [0.5, 0.6) is 0 Å². The highest BCUT2D eigenvalue weighted by Crippen LogP contribution is 2.20. The standard InChI is InChI=1S/C14H21N3O3S.ClH/c1-11(18)17-8-4-12-2-3-14(10-13(12)5-9-17)21(19,20)16-7-6-15;/h2-3,10,16H,4-9,15H2,1H3;1H. The molecule has 0 fully saturated rings. The Labute approximate surface area is 137 Å². The fourth-order valence-electron chi connectivity index (χ4n) is 2.46. The summed E-state index contributed by atoms with van der Waals surface area (Å²) in [5.74, 6) is 0.0558. The topological polar surface area (TPSA) is 92.5 Å². The molecule has 0 atom stereocenters. The van der Waals surface area contributed by atoms with E-state index in [9.17, 15) is 13.2 Å². The van der Waals surface area contributed by atoms with Crippen LogP contribution < -0.4 is 10.5 Å². The Morgan fingerprint density at radius 1 is 1.27 bits per heavy atom. The molecule has 0 unspecified atom stereocenters. The van der Waals surface area contributed by atoms with E-state index in [-0.39, 0.29) is 36.3 Å². The lowest BCUT2D eigenvalue weighted by atomic mass is 10.0. The van der Waals surface area contributed by atoms with Gasteiger partial charge in [-0.2, -0.15) is 0 Å². The molecule has 3 N–H and O–H groups in total. The van der Waals surface area contributed by atoms with Crippen molar-refractivity contribution >= 4 is 28.3 Å². The second kappa shape index (κ2) is 7.92. The smallest absolute Gasteiger partial charge is 0.240 e. The summed E-state index contributed by atoms with van der Waals surface area (Å²) in [6.07, 6.45) is 1.43. The zero-order chi connectivity index (χ0) is 15.5. The van der Waals surface area contributed by atoms with Crippen molar-refractivity contribution < 1.29 is 13.2 Å². The van der Waals surface area contributed by atoms with E-state index in [1.807, 2.05) is 6.07 Å². The number of sulfonamides is 1. The van der Waals surface area contributed by atoms with Crippen molar-refractivity contribution in [3.63, 3.8) is 0 Å². The Hall–Kier alpha value is -1.15. The molecular formula is C14H22ClN3O3S. The van der Waals surface area contributed by atoms with E-state index < -0.39 is 10.0 Å². The molecule has 8 heteroatoms. The number of nitrogens with one attached hydrogen (secondary N) is 1. The number of hydrogen-bond acceptors (Lipinski definition) is 4. The highest BCUT2D eigenvalue weighted by molar-refractivity contribution is 7.89. The summed E-state index contributed by atoms with van der Waals surface area (Å²) in [7, 11) is -3.51. The van der Waals surface area contributed by atoms with E-state index in [0.717, 1.165) is 17.5 Å². The van der Waals surface area contributed by atoms with Crippen molar-refractivity contribution in [3.8, 4) is 0 Å². The summed E-state index contributed by atoms with van der Waals surface area (Å²) >= 11 is 0. The van der Waals surface area contributed by atoms with E-state index in [4.69, 9.17) is 5.73 Å². The Morgan fingerprint density at radius 2 is 1.91 bits per heavy atom. The van der Waals surface area contributed by atoms with Gasteiger partial charge in [0.25, 0.3) is 0 Å². The molecule has 0 radical (unpaired) electrons. The summed E-state index contributed by atoms with van der Waals surface area (Å²) in [5, 5.41) is 0. The lowest BCUT2D eigenvalue weighted by Crippen LogP contribution is -2.30. The van der Waals surface area contributed by atoms with Crippen LogP contribution in [0.1, 0.15) is 18.1 Å². The first kappa shape index (κ1) is 18.9. The predicted octanol–water partition coefficient (Wildman–Crippen LogP) is 0.293. The zero-order valence-electron chi connectivity index (χ0n) is 12.5. The van der Waals surface area contributed by atoms with Gasteiger partial charge in [-0.3, -0.25) is 4.79 Å². The number of nitrogens with two attached hydrogens (primary N) is 1. The third-order valence-corrected chi connectivity index (χ3v) is 5.13. The zero-order valence-corrected chi connectivity index (χ0v) is 14.2. The van der Waals surface area contributed by atoms with Gasteiger partial charge in [-0.1, -0.05) is 6.07 Å². The van der Waals surface area contributed by atoms with Crippen LogP contribution in [-0.2, 0) is 27.7 Å². The molecule has 6 nitrogen and oxygen atoms in total. The molecule has 1 aliphatic rings. The molecule has 0 saturated carbocycles. The van der Waals surface area contributed by atoms with Gasteiger partial charge in [-0.25, -0.2) is 13.1 Å². The molecule has 0 spiro atoms. The number of carbonyl (C=O) groups is 1. The van der Waals surface area contributed by atoms with E-state index in [1.165, 1.54) is 0 Å². The molecule has 0 saturated heterocycles. The van der Waals surface area contributed by atoms with Crippen molar-refractivity contribution in [2.75, 3.05) is 26.2 Å². The lowest BCUT2D eigenvalue weighted by Gasteiger charge is -2.17. The third kappa shape index (κ3) is 4.42. The average molecular weight is 348 g/mol. The first-order valence-electron chi connectivity index (χ1n) is 7.01. The van der Waals surface area contributed by atoms with Crippen LogP contribution in [0.4, 0.5) is 0 Å². The minimum atomic E-state index is -3.51. The Balaban J connectivity index is 0.00000242. The van der Waals surface area contributed by atoms with Gasteiger partial charge in [0.05, 0.1) is 4.90 Å². The van der Waals surface area contributed by atoms with Gasteiger partial charge < -0.3 is 10.6 Å². The van der Waals surface area contributed by atoms with Crippen LogP contribution in [0.25, 0.3) is 0 Å². The van der Waals surface area contributed by atoms with Crippen LogP contribution in [0.2, 0.25) is 0 Å². The quantitative estimate of drug-likeness (QED) is 0.819. The number of amides is 1. The van der Waals surface area contributed by atoms with Crippen molar-refractivity contribution in [3.05, 3.63) is 29.3 Å². The lowest BCUT2D eigenvalue weighted by molar-refractivity contribution is -0.128. The molecule has 1 aliphatic heterocycles. The molecule has 22 heavy (non-hydrogen) atoms. The van der Waals surface area contributed by atoms with Crippen LogP contribution in [0.15, 0.2) is 23.1 Å². The maximum atomic E-state index is 12.1. The summed E-state index contributed by atoms with van der Waals surface area (Å²) in [6, 6.07) is 5.16. The highest BCUT2D eigenvalue weighted by atomic mass is 35.5. The normalized spacial score (nSPS) is 14.7. The minimum absolute atomic E-state index is 0. The van der Waals surface area contributed by atoms with Crippen molar-refractivity contribution in [2.24, 2.45) is 5.73 Å². The average Bonchev–Trinajstić information content (AvgIpc) is 2.67. The molecule has 1 aromatic carbocycles. The number of benzene rings is 1. The summed E-state index contributed by atoms with van der Waals surface area (Å²) < 4.78 is 26.7. The molecule has 0 aliphatic carbocycles. The Morgan fingerprint density at radius 3 is 2.50 bits per heavy atom. The molecule has 1 aromatic rings. The van der Waals surface area contributed by atoms with Gasteiger partial charge in [0.2, 0.25) is 15.9 Å². The predicted molar refractivity (Wildman–Crippen MR) is 87.6 cm³/mol. The van der Waals surface area contributed by atoms with Gasteiger partial charge >= 0.3 is 0 Å². The van der Waals surface area contributed by atoms with E-state index in [0.29, 0.717) is 19.5 Å². The van der Waals surface area contributed by atoms with Crippen LogP contribution in [0.3, 0.4) is 0 Å². The Bertz CT molecular complexity index is 634. The molecule has 0 aromatic heterocycles. The van der Waals surface area contributed by atoms with Crippen LogP contribution in [0, 0.1) is 0 Å². The summed E-state index contributed by atoms with van der Waals surface area (Å²) in [4.78, 5) is 13.5. The molecular weight excluding hydrogens is 326 g/mol. The number of nitrogens with zero attached hydrogens (tertiary/aromatic N) is 1. The fraction of sp³-hybridized carbons (Fsp3) is 0.500. The van der Waals surface area contributed by atoms with E-state index in [1.54, 1.807) is 24.0 Å². The minimum Gasteiger partial charge on any atom is -0.342 e. The SMILES string of the molecule is CC(=O)N1CCc2ccc(S(=O)(=O)NCCN)cc2CC1.Cl. The summed E-state index contributed by atoms with van der Waals surface area (Å²) in [6.45, 7) is 3.35. The molecule has 1 amide bonds. The van der Waals surface area contributed by atoms with Gasteiger partial charge in [0.1, 0.15) is 0 Å². The number of hydrogen-bond donors (Lipinski definition) is 2. The van der Waals surface area contributed by atoms with Gasteiger partial charge in [-0.05, 0) is 36.1 Å². The number of halogens is 1. The molecule has 0 bridgehead atoms. The monoisotopic (exact) mass is 347 g/mol. The molecule has 124 valence electrons. The van der Waals surface area contributed by atoms with E-state index in [2.05, 4.69) is 4.72 Å².